The summed E-state index contributed by atoms with van der Waals surface area (Å²) in [5, 5.41) is 3.52. The van der Waals surface area contributed by atoms with E-state index in [4.69, 9.17) is 11.6 Å². The van der Waals surface area contributed by atoms with Crippen molar-refractivity contribution < 1.29 is 0 Å². The molecule has 1 aromatic rings. The number of halogens is 1. The van der Waals surface area contributed by atoms with Crippen molar-refractivity contribution in [1.82, 2.24) is 14.9 Å². The van der Waals surface area contributed by atoms with Crippen molar-refractivity contribution in [3.8, 4) is 0 Å². The van der Waals surface area contributed by atoms with Gasteiger partial charge in [0.2, 0.25) is 0 Å². The Morgan fingerprint density at radius 1 is 1.33 bits per heavy atom. The number of hydrogen-bond donors (Lipinski definition) is 1. The first kappa shape index (κ1) is 13.4. The van der Waals surface area contributed by atoms with Gasteiger partial charge in [0.1, 0.15) is 12.0 Å². The Morgan fingerprint density at radius 3 is 2.67 bits per heavy atom. The van der Waals surface area contributed by atoms with Crippen LogP contribution in [0.3, 0.4) is 0 Å². The Labute approximate surface area is 113 Å². The zero-order chi connectivity index (χ0) is 13.1. The highest BCUT2D eigenvalue weighted by atomic mass is 35.5. The van der Waals surface area contributed by atoms with E-state index in [1.807, 2.05) is 14.1 Å². The number of nitrogens with one attached hydrogen (secondary N) is 1. The van der Waals surface area contributed by atoms with Crippen LogP contribution in [0.2, 0.25) is 5.15 Å². The molecule has 1 saturated carbocycles. The van der Waals surface area contributed by atoms with Crippen LogP contribution in [0.1, 0.15) is 12.8 Å². The van der Waals surface area contributed by atoms with E-state index in [9.17, 15) is 0 Å². The molecule has 2 rings (SSSR count). The fourth-order valence-electron chi connectivity index (χ4n) is 1.97. The van der Waals surface area contributed by atoms with E-state index in [1.54, 1.807) is 0 Å². The molecular weight excluding hydrogens is 250 g/mol. The van der Waals surface area contributed by atoms with E-state index in [0.717, 1.165) is 30.6 Å². The van der Waals surface area contributed by atoms with Gasteiger partial charge in [0, 0.05) is 33.2 Å². The average molecular weight is 270 g/mol. The van der Waals surface area contributed by atoms with E-state index in [0.29, 0.717) is 5.15 Å². The highest BCUT2D eigenvalue weighted by Crippen LogP contribution is 2.28. The summed E-state index contributed by atoms with van der Waals surface area (Å²) >= 11 is 6.05. The Kier molecular flexibility index (Phi) is 4.24. The van der Waals surface area contributed by atoms with Crippen LogP contribution in [-0.2, 0) is 0 Å². The topological polar surface area (TPSA) is 44.3 Å². The van der Waals surface area contributed by atoms with Crippen LogP contribution >= 0.6 is 11.6 Å². The highest BCUT2D eigenvalue weighted by molar-refractivity contribution is 6.32. The second-order valence-corrected chi connectivity index (χ2v) is 5.10. The van der Waals surface area contributed by atoms with Gasteiger partial charge in [0.15, 0.2) is 11.0 Å². The summed E-state index contributed by atoms with van der Waals surface area (Å²) in [5.41, 5.74) is 0.788. The van der Waals surface area contributed by atoms with Crippen LogP contribution in [0.25, 0.3) is 0 Å². The van der Waals surface area contributed by atoms with E-state index >= 15 is 0 Å². The average Bonchev–Trinajstić information content (AvgIpc) is 3.19. The Hall–Kier alpha value is -1.07. The van der Waals surface area contributed by atoms with Crippen molar-refractivity contribution in [2.75, 3.05) is 44.4 Å². The summed E-state index contributed by atoms with van der Waals surface area (Å²) in [7, 11) is 6.04. The van der Waals surface area contributed by atoms with Gasteiger partial charge in [-0.15, -0.1) is 0 Å². The SMILES string of the molecule is CNc1c(Cl)ncnc1N(C)CCN(C)C1CC1. The predicted molar refractivity (Wildman–Crippen MR) is 75.5 cm³/mol. The van der Waals surface area contributed by atoms with Crippen LogP contribution in [-0.4, -0.2) is 55.1 Å². The largest absolute Gasteiger partial charge is 0.383 e. The van der Waals surface area contributed by atoms with Crippen LogP contribution in [0, 0.1) is 0 Å². The minimum atomic E-state index is 0.463. The van der Waals surface area contributed by atoms with Gasteiger partial charge in [-0.2, -0.15) is 0 Å². The van der Waals surface area contributed by atoms with Crippen molar-refractivity contribution in [3.05, 3.63) is 11.5 Å². The molecule has 0 atom stereocenters. The lowest BCUT2D eigenvalue weighted by atomic mass is 10.4. The highest BCUT2D eigenvalue weighted by Gasteiger charge is 2.26. The number of hydrogen-bond acceptors (Lipinski definition) is 5. The summed E-state index contributed by atoms with van der Waals surface area (Å²) in [5.74, 6) is 0.849. The van der Waals surface area contributed by atoms with Gasteiger partial charge in [0.25, 0.3) is 0 Å². The molecule has 0 aromatic carbocycles. The first-order valence-corrected chi connectivity index (χ1v) is 6.61. The maximum atomic E-state index is 6.05. The van der Waals surface area contributed by atoms with Crippen LogP contribution < -0.4 is 10.2 Å². The number of nitrogens with zero attached hydrogens (tertiary/aromatic N) is 4. The van der Waals surface area contributed by atoms with Crippen molar-refractivity contribution in [2.24, 2.45) is 0 Å². The summed E-state index contributed by atoms with van der Waals surface area (Å²) in [4.78, 5) is 12.8. The maximum absolute atomic E-state index is 6.05. The molecule has 0 bridgehead atoms. The van der Waals surface area contributed by atoms with Gasteiger partial charge >= 0.3 is 0 Å². The third kappa shape index (κ3) is 3.03. The number of likely N-dealkylation sites (N-methyl/N-ethyl adjacent to an activating group) is 2. The fourth-order valence-corrected chi connectivity index (χ4v) is 2.19. The van der Waals surface area contributed by atoms with Gasteiger partial charge < -0.3 is 15.1 Å². The Morgan fingerprint density at radius 2 is 2.06 bits per heavy atom. The monoisotopic (exact) mass is 269 g/mol. The molecule has 0 saturated heterocycles. The lowest BCUT2D eigenvalue weighted by molar-refractivity contribution is 0.331. The molecule has 1 fully saturated rings. The molecule has 0 aliphatic heterocycles. The first-order valence-electron chi connectivity index (χ1n) is 6.23. The van der Waals surface area contributed by atoms with Gasteiger partial charge in [-0.1, -0.05) is 11.6 Å². The fraction of sp³-hybridized carbons (Fsp3) is 0.667. The van der Waals surface area contributed by atoms with E-state index in [1.165, 1.54) is 19.2 Å². The van der Waals surface area contributed by atoms with E-state index in [-0.39, 0.29) is 0 Å². The van der Waals surface area contributed by atoms with E-state index in [2.05, 4.69) is 32.1 Å². The molecule has 0 radical (unpaired) electrons. The molecule has 0 amide bonds. The zero-order valence-corrected chi connectivity index (χ0v) is 11.9. The molecular formula is C12H20ClN5. The Balaban J connectivity index is 1.99. The first-order chi connectivity index (χ1) is 8.63. The maximum Gasteiger partial charge on any atom is 0.157 e. The molecule has 0 unspecified atom stereocenters. The van der Waals surface area contributed by atoms with Gasteiger partial charge in [-0.05, 0) is 19.9 Å². The van der Waals surface area contributed by atoms with Crippen molar-refractivity contribution in [1.29, 1.82) is 0 Å². The molecule has 1 aliphatic carbocycles. The predicted octanol–water partition coefficient (Wildman–Crippen LogP) is 1.70. The normalized spacial score (nSPS) is 14.9. The quantitative estimate of drug-likeness (QED) is 0.797. The second kappa shape index (κ2) is 5.71. The number of anilines is 2. The number of aromatic nitrogens is 2. The van der Waals surface area contributed by atoms with Crippen LogP contribution in [0.15, 0.2) is 6.33 Å². The molecule has 100 valence electrons. The lowest BCUT2D eigenvalue weighted by Gasteiger charge is -2.24. The minimum absolute atomic E-state index is 0.463. The third-order valence-corrected chi connectivity index (χ3v) is 3.64. The second-order valence-electron chi connectivity index (χ2n) is 4.75. The summed E-state index contributed by atoms with van der Waals surface area (Å²) in [6.45, 7) is 1.96. The molecule has 18 heavy (non-hydrogen) atoms. The van der Waals surface area contributed by atoms with Crippen LogP contribution in [0.4, 0.5) is 11.5 Å². The van der Waals surface area contributed by atoms with Crippen LogP contribution in [0.5, 0.6) is 0 Å². The van der Waals surface area contributed by atoms with Gasteiger partial charge in [0.05, 0.1) is 0 Å². The number of rotatable bonds is 6. The molecule has 5 nitrogen and oxygen atoms in total. The van der Waals surface area contributed by atoms with Gasteiger partial charge in [-0.3, -0.25) is 0 Å². The van der Waals surface area contributed by atoms with Crippen molar-refractivity contribution in [3.63, 3.8) is 0 Å². The van der Waals surface area contributed by atoms with Crippen molar-refractivity contribution in [2.45, 2.75) is 18.9 Å². The lowest BCUT2D eigenvalue weighted by Crippen LogP contribution is -2.32. The van der Waals surface area contributed by atoms with Gasteiger partial charge in [-0.25, -0.2) is 9.97 Å². The molecule has 1 aliphatic rings. The smallest absolute Gasteiger partial charge is 0.157 e. The molecule has 1 N–H and O–H groups in total. The zero-order valence-electron chi connectivity index (χ0n) is 11.1. The third-order valence-electron chi connectivity index (χ3n) is 3.35. The molecule has 1 heterocycles. The summed E-state index contributed by atoms with van der Waals surface area (Å²) < 4.78 is 0. The molecule has 1 aromatic heterocycles. The minimum Gasteiger partial charge on any atom is -0.383 e. The summed E-state index contributed by atoms with van der Waals surface area (Å²) in [6.07, 6.45) is 4.17. The van der Waals surface area contributed by atoms with Crippen molar-refractivity contribution >= 4 is 23.1 Å². The molecule has 6 heteroatoms. The molecule has 0 spiro atoms. The Bertz CT molecular complexity index is 407. The van der Waals surface area contributed by atoms with E-state index < -0.39 is 0 Å². The summed E-state index contributed by atoms with van der Waals surface area (Å²) in [6, 6.07) is 0.788. The standard InChI is InChI=1S/C12H20ClN5/c1-14-10-11(13)15-8-16-12(10)18(3)7-6-17(2)9-4-5-9/h8-9,14H,4-7H2,1-3H3.